The Hall–Kier alpha value is -0.700. The van der Waals surface area contributed by atoms with Crippen LogP contribution in [0.2, 0.25) is 0 Å². The summed E-state index contributed by atoms with van der Waals surface area (Å²) >= 11 is 3.59. The van der Waals surface area contributed by atoms with E-state index in [1.54, 1.807) is 0 Å². The molecule has 0 unspecified atom stereocenters. The topological polar surface area (TPSA) is 27.8 Å². The minimum Gasteiger partial charge on any atom is -0.390 e. The first kappa shape index (κ1) is 7.92. The van der Waals surface area contributed by atoms with Gasteiger partial charge in [0.1, 0.15) is 0 Å². The van der Waals surface area contributed by atoms with E-state index in [0.717, 1.165) is 12.8 Å². The summed E-state index contributed by atoms with van der Waals surface area (Å²) < 4.78 is 1.20. The Labute approximate surface area is 80.2 Å². The van der Waals surface area contributed by atoms with E-state index in [-0.39, 0.29) is 0 Å². The van der Waals surface area contributed by atoms with Gasteiger partial charge in [-0.2, -0.15) is 0 Å². The minimum atomic E-state index is 1.09. The van der Waals surface area contributed by atoms with Crippen LogP contribution in [0.15, 0.2) is 18.0 Å². The van der Waals surface area contributed by atoms with Gasteiger partial charge in [0, 0.05) is 34.7 Å². The number of hydrogen-bond acceptors (Lipinski definition) is 1. The lowest BCUT2D eigenvalue weighted by atomic mass is 10.0. The van der Waals surface area contributed by atoms with Crippen molar-refractivity contribution in [2.75, 3.05) is 7.05 Å². The molecule has 64 valence electrons. The van der Waals surface area contributed by atoms with Crippen LogP contribution in [0.3, 0.4) is 0 Å². The predicted octanol–water partition coefficient (Wildman–Crippen LogP) is 2.24. The smallest absolute Gasteiger partial charge is 0.0455 e. The number of halogens is 1. The number of aromatic nitrogens is 1. The maximum atomic E-state index is 3.59. The second-order valence-electron chi connectivity index (χ2n) is 2.91. The zero-order valence-electron chi connectivity index (χ0n) is 6.95. The molecule has 1 aliphatic rings. The van der Waals surface area contributed by atoms with Crippen molar-refractivity contribution in [3.8, 4) is 0 Å². The highest BCUT2D eigenvalue weighted by molar-refractivity contribution is 9.15. The van der Waals surface area contributed by atoms with Crippen molar-refractivity contribution in [1.82, 2.24) is 10.3 Å². The van der Waals surface area contributed by atoms with Gasteiger partial charge in [-0.15, -0.1) is 0 Å². The first-order valence-corrected chi connectivity index (χ1v) is 4.85. The fourth-order valence-electron chi connectivity index (χ4n) is 1.57. The van der Waals surface area contributed by atoms with E-state index < -0.39 is 0 Å². The number of rotatable bonds is 1. The van der Waals surface area contributed by atoms with Gasteiger partial charge in [-0.05, 0) is 34.8 Å². The van der Waals surface area contributed by atoms with Crippen molar-refractivity contribution in [3.05, 3.63) is 29.2 Å². The van der Waals surface area contributed by atoms with Gasteiger partial charge in [-0.1, -0.05) is 0 Å². The molecule has 0 amide bonds. The molecule has 1 heterocycles. The summed E-state index contributed by atoms with van der Waals surface area (Å²) in [7, 11) is 1.97. The maximum absolute atomic E-state index is 3.59. The number of nitrogens with one attached hydrogen (secondary N) is 2. The summed E-state index contributed by atoms with van der Waals surface area (Å²) in [6.45, 7) is 0. The van der Waals surface area contributed by atoms with E-state index in [4.69, 9.17) is 0 Å². The van der Waals surface area contributed by atoms with Crippen LogP contribution in [0, 0.1) is 0 Å². The van der Waals surface area contributed by atoms with Crippen LogP contribution in [-0.4, -0.2) is 12.0 Å². The zero-order chi connectivity index (χ0) is 8.55. The first-order chi connectivity index (χ1) is 5.83. The highest BCUT2D eigenvalue weighted by atomic mass is 79.9. The van der Waals surface area contributed by atoms with Gasteiger partial charge >= 0.3 is 0 Å². The quantitative estimate of drug-likeness (QED) is 0.756. The molecule has 12 heavy (non-hydrogen) atoms. The van der Waals surface area contributed by atoms with Crippen molar-refractivity contribution < 1.29 is 0 Å². The fraction of sp³-hybridized carbons (Fsp3) is 0.333. The molecule has 0 spiro atoms. The summed E-state index contributed by atoms with van der Waals surface area (Å²) in [5, 5.41) is 3.20. The standard InChI is InChI=1S/C9H11BrN2/c1-11-8-3-2-7-6(9(8)10)4-5-12-7/h4-5,11-12H,2-3H2,1H3. The van der Waals surface area contributed by atoms with E-state index in [0.29, 0.717) is 0 Å². The Morgan fingerprint density at radius 1 is 1.50 bits per heavy atom. The third-order valence-corrected chi connectivity index (χ3v) is 3.17. The lowest BCUT2D eigenvalue weighted by Crippen LogP contribution is -2.12. The van der Waals surface area contributed by atoms with Crippen LogP contribution >= 0.6 is 15.9 Å². The van der Waals surface area contributed by atoms with Gasteiger partial charge < -0.3 is 10.3 Å². The number of aromatic amines is 1. The first-order valence-electron chi connectivity index (χ1n) is 4.06. The van der Waals surface area contributed by atoms with Crippen molar-refractivity contribution in [3.63, 3.8) is 0 Å². The molecule has 2 N–H and O–H groups in total. The van der Waals surface area contributed by atoms with E-state index in [1.165, 1.54) is 21.4 Å². The SMILES string of the molecule is CNC1=C(Br)c2cc[nH]c2CC1. The monoisotopic (exact) mass is 226 g/mol. The third kappa shape index (κ3) is 1.08. The van der Waals surface area contributed by atoms with Crippen molar-refractivity contribution in [2.24, 2.45) is 0 Å². The molecule has 0 saturated heterocycles. The molecule has 1 aromatic heterocycles. The predicted molar refractivity (Wildman–Crippen MR) is 54.0 cm³/mol. The molecular weight excluding hydrogens is 216 g/mol. The van der Waals surface area contributed by atoms with Crippen molar-refractivity contribution in [1.29, 1.82) is 0 Å². The second kappa shape index (κ2) is 2.98. The van der Waals surface area contributed by atoms with Gasteiger partial charge in [0.15, 0.2) is 0 Å². The lowest BCUT2D eigenvalue weighted by Gasteiger charge is -2.16. The van der Waals surface area contributed by atoms with E-state index >= 15 is 0 Å². The summed E-state index contributed by atoms with van der Waals surface area (Å²) in [5.41, 5.74) is 3.92. The summed E-state index contributed by atoms with van der Waals surface area (Å²) in [6.07, 6.45) is 4.18. The Balaban J connectivity index is 2.49. The zero-order valence-corrected chi connectivity index (χ0v) is 8.53. The van der Waals surface area contributed by atoms with E-state index in [1.807, 2.05) is 13.2 Å². The van der Waals surface area contributed by atoms with Crippen LogP contribution in [-0.2, 0) is 6.42 Å². The molecule has 0 radical (unpaired) electrons. The van der Waals surface area contributed by atoms with Gasteiger partial charge in [-0.25, -0.2) is 0 Å². The molecule has 0 saturated carbocycles. The molecule has 3 heteroatoms. The normalized spacial score (nSPS) is 16.2. The molecule has 0 atom stereocenters. The minimum absolute atomic E-state index is 1.09. The Kier molecular flexibility index (Phi) is 1.97. The fourth-order valence-corrected chi connectivity index (χ4v) is 2.34. The number of aryl methyl sites for hydroxylation is 1. The number of H-pyrrole nitrogens is 1. The average Bonchev–Trinajstić information content (AvgIpc) is 2.53. The van der Waals surface area contributed by atoms with Crippen LogP contribution in [0.4, 0.5) is 0 Å². The third-order valence-electron chi connectivity index (χ3n) is 2.26. The van der Waals surface area contributed by atoms with E-state index in [9.17, 15) is 0 Å². The summed E-state index contributed by atoms with van der Waals surface area (Å²) in [6, 6.07) is 2.11. The number of fused-ring (bicyclic) bond motifs is 1. The van der Waals surface area contributed by atoms with Crippen molar-refractivity contribution >= 4 is 20.4 Å². The van der Waals surface area contributed by atoms with Gasteiger partial charge in [0.25, 0.3) is 0 Å². The number of hydrogen-bond donors (Lipinski definition) is 2. The van der Waals surface area contributed by atoms with E-state index in [2.05, 4.69) is 32.3 Å². The van der Waals surface area contributed by atoms with Crippen LogP contribution in [0.5, 0.6) is 0 Å². The molecule has 0 fully saturated rings. The van der Waals surface area contributed by atoms with Crippen LogP contribution in [0.1, 0.15) is 17.7 Å². The molecule has 0 bridgehead atoms. The van der Waals surface area contributed by atoms with Crippen LogP contribution in [0.25, 0.3) is 4.48 Å². The Bertz CT molecular complexity index is 325. The van der Waals surface area contributed by atoms with Crippen LogP contribution < -0.4 is 5.32 Å². The molecule has 2 nitrogen and oxygen atoms in total. The molecule has 0 aliphatic heterocycles. The Morgan fingerprint density at radius 3 is 3.08 bits per heavy atom. The molecule has 1 aliphatic carbocycles. The van der Waals surface area contributed by atoms with Gasteiger partial charge in [0.2, 0.25) is 0 Å². The highest BCUT2D eigenvalue weighted by Gasteiger charge is 2.16. The summed E-state index contributed by atoms with van der Waals surface area (Å²) in [5.74, 6) is 0. The van der Waals surface area contributed by atoms with Gasteiger partial charge in [0.05, 0.1) is 0 Å². The lowest BCUT2D eigenvalue weighted by molar-refractivity contribution is 0.814. The molecular formula is C9H11BrN2. The summed E-state index contributed by atoms with van der Waals surface area (Å²) in [4.78, 5) is 3.24. The maximum Gasteiger partial charge on any atom is 0.0455 e. The van der Waals surface area contributed by atoms with Crippen molar-refractivity contribution in [2.45, 2.75) is 12.8 Å². The second-order valence-corrected chi connectivity index (χ2v) is 3.71. The molecule has 2 rings (SSSR count). The molecule has 0 aromatic carbocycles. The average molecular weight is 227 g/mol. The Morgan fingerprint density at radius 2 is 2.33 bits per heavy atom. The van der Waals surface area contributed by atoms with Gasteiger partial charge in [-0.3, -0.25) is 0 Å². The number of allylic oxidation sites excluding steroid dienone is 1. The molecule has 1 aromatic rings. The largest absolute Gasteiger partial charge is 0.390 e. The highest BCUT2D eigenvalue weighted by Crippen LogP contribution is 2.33.